The van der Waals surface area contributed by atoms with Crippen molar-refractivity contribution >= 4 is 8.02 Å². The summed E-state index contributed by atoms with van der Waals surface area (Å²) in [5.74, 6) is 1.40. The molecule has 0 aromatic rings. The molecular weight excluding hydrogens is 259 g/mol. The molecule has 0 bridgehead atoms. The lowest BCUT2D eigenvalue weighted by Crippen LogP contribution is -2.34. The lowest BCUT2D eigenvalue weighted by atomic mass is 9.99. The van der Waals surface area contributed by atoms with E-state index in [4.69, 9.17) is 9.05 Å². The summed E-state index contributed by atoms with van der Waals surface area (Å²) in [6.45, 7) is 13.3. The quantitative estimate of drug-likeness (QED) is 0.742. The minimum atomic E-state index is -1.85. The van der Waals surface area contributed by atoms with E-state index < -0.39 is 8.02 Å². The molecule has 0 amide bonds. The molecule has 0 unspecified atom stereocenters. The van der Waals surface area contributed by atoms with Crippen LogP contribution in [0.15, 0.2) is 0 Å². The van der Waals surface area contributed by atoms with E-state index in [1.807, 2.05) is 0 Å². The Morgan fingerprint density at radius 3 is 1.74 bits per heavy atom. The molecule has 3 heterocycles. The van der Waals surface area contributed by atoms with Gasteiger partial charge < -0.3 is 0 Å². The van der Waals surface area contributed by atoms with Gasteiger partial charge in [0, 0.05) is 0 Å². The van der Waals surface area contributed by atoms with Gasteiger partial charge in [0.25, 0.3) is 0 Å². The van der Waals surface area contributed by atoms with Crippen LogP contribution in [0.2, 0.25) is 0 Å². The van der Waals surface area contributed by atoms with E-state index >= 15 is 0 Å². The molecular formula is C14H28N2O2P+. The molecule has 1 spiro atoms. The Hall–Kier alpha value is 0.270. The van der Waals surface area contributed by atoms with Crippen molar-refractivity contribution in [3.8, 4) is 0 Å². The fraction of sp³-hybridized carbons (Fsp3) is 1.00. The lowest BCUT2D eigenvalue weighted by molar-refractivity contribution is 0.208. The van der Waals surface area contributed by atoms with Gasteiger partial charge >= 0.3 is 8.02 Å². The van der Waals surface area contributed by atoms with Crippen molar-refractivity contribution in [2.75, 3.05) is 26.3 Å². The normalized spacial score (nSPS) is 37.3. The second-order valence-corrected chi connectivity index (χ2v) is 8.84. The van der Waals surface area contributed by atoms with Crippen LogP contribution in [-0.2, 0) is 9.05 Å². The zero-order valence-corrected chi connectivity index (χ0v) is 13.6. The van der Waals surface area contributed by atoms with Gasteiger partial charge in [-0.1, -0.05) is 40.5 Å². The van der Waals surface area contributed by atoms with Crippen LogP contribution in [0.5, 0.6) is 0 Å². The maximum Gasteiger partial charge on any atom is 0.437 e. The highest BCUT2D eigenvalue weighted by Crippen LogP contribution is 2.77. The third-order valence-electron chi connectivity index (χ3n) is 5.40. The summed E-state index contributed by atoms with van der Waals surface area (Å²) < 4.78 is 17.8. The second-order valence-electron chi connectivity index (χ2n) is 6.31. The van der Waals surface area contributed by atoms with Gasteiger partial charge in [0.05, 0.1) is 25.2 Å². The van der Waals surface area contributed by atoms with Crippen molar-refractivity contribution in [2.45, 2.75) is 52.6 Å². The topological polar surface area (TPSA) is 24.9 Å². The summed E-state index contributed by atoms with van der Waals surface area (Å²) in [5.41, 5.74) is 0. The molecule has 0 aromatic carbocycles. The summed E-state index contributed by atoms with van der Waals surface area (Å²) >= 11 is 0. The average molecular weight is 287 g/mol. The van der Waals surface area contributed by atoms with Gasteiger partial charge in [-0.2, -0.15) is 9.05 Å². The summed E-state index contributed by atoms with van der Waals surface area (Å²) in [4.78, 5) is 0. The highest BCUT2D eigenvalue weighted by Gasteiger charge is 2.73. The smallest absolute Gasteiger partial charge is 0.170 e. The molecule has 0 saturated carbocycles. The molecule has 4 atom stereocenters. The van der Waals surface area contributed by atoms with Crippen molar-refractivity contribution in [1.29, 1.82) is 0 Å². The molecule has 5 heteroatoms. The van der Waals surface area contributed by atoms with E-state index in [9.17, 15) is 0 Å². The Labute approximate surface area is 118 Å². The Morgan fingerprint density at radius 1 is 0.947 bits per heavy atom. The zero-order valence-electron chi connectivity index (χ0n) is 12.7. The molecule has 3 fully saturated rings. The van der Waals surface area contributed by atoms with Crippen LogP contribution in [0.1, 0.15) is 40.5 Å². The van der Waals surface area contributed by atoms with Crippen LogP contribution in [0.25, 0.3) is 0 Å². The average Bonchev–Trinajstić information content (AvgIpc) is 3.05. The fourth-order valence-corrected chi connectivity index (χ4v) is 7.30. The minimum Gasteiger partial charge on any atom is -0.170 e. The van der Waals surface area contributed by atoms with Crippen molar-refractivity contribution in [3.63, 3.8) is 0 Å². The number of rotatable bonds is 4. The van der Waals surface area contributed by atoms with Gasteiger partial charge in [-0.25, -0.2) is 0 Å². The monoisotopic (exact) mass is 287 g/mol. The number of hydrogen-bond donors (Lipinski definition) is 0. The first-order valence-electron chi connectivity index (χ1n) is 7.86. The van der Waals surface area contributed by atoms with E-state index in [1.54, 1.807) is 0 Å². The third kappa shape index (κ3) is 1.99. The first-order chi connectivity index (χ1) is 9.14. The van der Waals surface area contributed by atoms with Gasteiger partial charge in [0.1, 0.15) is 13.2 Å². The largest absolute Gasteiger partial charge is 0.437 e. The predicted octanol–water partition coefficient (Wildman–Crippen LogP) is 3.17. The molecule has 0 N–H and O–H groups in total. The first-order valence-corrected chi connectivity index (χ1v) is 9.39. The summed E-state index contributed by atoms with van der Waals surface area (Å²) in [5, 5.41) is 0. The third-order valence-corrected chi connectivity index (χ3v) is 8.66. The van der Waals surface area contributed by atoms with Gasteiger partial charge in [-0.05, 0) is 11.8 Å². The molecule has 0 aliphatic carbocycles. The van der Waals surface area contributed by atoms with Crippen molar-refractivity contribution in [2.24, 2.45) is 11.8 Å². The molecule has 0 aromatic heterocycles. The molecule has 19 heavy (non-hydrogen) atoms. The molecule has 3 aliphatic heterocycles. The lowest BCUT2D eigenvalue weighted by Gasteiger charge is -2.25. The first kappa shape index (κ1) is 14.2. The van der Waals surface area contributed by atoms with Crippen LogP contribution in [0.3, 0.4) is 0 Å². The van der Waals surface area contributed by atoms with E-state index in [1.165, 1.54) is 12.8 Å². The van der Waals surface area contributed by atoms with Crippen LogP contribution in [-0.4, -0.2) is 47.7 Å². The van der Waals surface area contributed by atoms with Crippen LogP contribution in [0, 0.1) is 11.8 Å². The summed E-state index contributed by atoms with van der Waals surface area (Å²) in [6.07, 6.45) is 2.44. The maximum atomic E-state index is 6.29. The summed E-state index contributed by atoms with van der Waals surface area (Å²) in [6, 6.07) is 1.14. The Balaban J connectivity index is 1.79. The van der Waals surface area contributed by atoms with E-state index in [-0.39, 0.29) is 0 Å². The van der Waals surface area contributed by atoms with Crippen LogP contribution in [0.4, 0.5) is 0 Å². The zero-order chi connectivity index (χ0) is 13.6. The fourth-order valence-electron chi connectivity index (χ4n) is 3.62. The molecule has 4 nitrogen and oxygen atoms in total. The van der Waals surface area contributed by atoms with Gasteiger partial charge in [-0.3, -0.25) is 0 Å². The van der Waals surface area contributed by atoms with E-state index in [2.05, 4.69) is 37.0 Å². The SMILES string of the molecule is CC[C@H](C)[C@H]1CO[P+]23OC[C@H]([C@@H](C)CC)N2CCN13. The Bertz CT molecular complexity index is 309. The van der Waals surface area contributed by atoms with Crippen molar-refractivity contribution in [3.05, 3.63) is 0 Å². The molecule has 3 saturated heterocycles. The van der Waals surface area contributed by atoms with Crippen molar-refractivity contribution < 1.29 is 9.05 Å². The van der Waals surface area contributed by atoms with Crippen LogP contribution >= 0.6 is 8.02 Å². The summed E-state index contributed by atoms with van der Waals surface area (Å²) in [7, 11) is -1.85. The standard InChI is InChI=1S/C14H28N2O2P/c1-5-11(3)13-9-17-19-15(13)7-8-16(19)14(10-18-19)12(4)6-2/h11-14H,5-10H2,1-4H3/q+1/t11-,12-,13+,14+,19?/m0/s1. The molecule has 0 radical (unpaired) electrons. The molecule has 110 valence electrons. The Kier molecular flexibility index (Phi) is 3.92. The number of hydrogen-bond acceptors (Lipinski definition) is 4. The maximum absolute atomic E-state index is 6.29. The second kappa shape index (κ2) is 5.23. The van der Waals surface area contributed by atoms with Gasteiger partial charge in [0.2, 0.25) is 0 Å². The number of nitrogens with zero attached hydrogens (tertiary/aromatic N) is 2. The molecule has 3 rings (SSSR count). The van der Waals surface area contributed by atoms with Crippen LogP contribution < -0.4 is 0 Å². The minimum absolute atomic E-state index is 0.569. The predicted molar refractivity (Wildman–Crippen MR) is 78.7 cm³/mol. The van der Waals surface area contributed by atoms with Gasteiger partial charge in [-0.15, -0.1) is 9.34 Å². The Morgan fingerprint density at radius 2 is 1.37 bits per heavy atom. The van der Waals surface area contributed by atoms with Crippen molar-refractivity contribution in [1.82, 2.24) is 9.34 Å². The molecule has 3 aliphatic rings. The van der Waals surface area contributed by atoms with E-state index in [0.29, 0.717) is 23.9 Å². The van der Waals surface area contributed by atoms with Gasteiger partial charge in [0.15, 0.2) is 0 Å². The van der Waals surface area contributed by atoms with E-state index in [0.717, 1.165) is 26.3 Å². The highest BCUT2D eigenvalue weighted by molar-refractivity contribution is 7.62. The highest BCUT2D eigenvalue weighted by atomic mass is 31.2.